The average Bonchev–Trinajstić information content (AvgIpc) is 3.16. The van der Waals surface area contributed by atoms with Gasteiger partial charge in [0, 0.05) is 18.6 Å². The fourth-order valence-electron chi connectivity index (χ4n) is 4.50. The Labute approximate surface area is 145 Å². The summed E-state index contributed by atoms with van der Waals surface area (Å²) in [7, 11) is 0. The van der Waals surface area contributed by atoms with E-state index < -0.39 is 0 Å². The second kappa shape index (κ2) is 7.66. The minimum Gasteiger partial charge on any atom is -0.391 e. The number of hydrogen-bond donors (Lipinski definition) is 2. The number of hydrogen-bond acceptors (Lipinski definition) is 3. The first-order valence-electron chi connectivity index (χ1n) is 9.42. The number of aliphatic hydroxyl groups is 1. The highest BCUT2D eigenvalue weighted by atomic mass is 16.3. The fourth-order valence-corrected chi connectivity index (χ4v) is 4.50. The van der Waals surface area contributed by atoms with E-state index in [-0.39, 0.29) is 30.1 Å². The highest BCUT2D eigenvalue weighted by Crippen LogP contribution is 2.36. The van der Waals surface area contributed by atoms with Crippen LogP contribution in [0.2, 0.25) is 0 Å². The van der Waals surface area contributed by atoms with Crippen LogP contribution in [0.3, 0.4) is 0 Å². The molecule has 3 rings (SSSR count). The van der Waals surface area contributed by atoms with E-state index in [9.17, 15) is 9.90 Å². The van der Waals surface area contributed by atoms with Crippen LogP contribution in [0.1, 0.15) is 45.1 Å². The normalized spacial score (nSPS) is 29.6. The first-order valence-corrected chi connectivity index (χ1v) is 9.42. The molecule has 1 aliphatic heterocycles. The van der Waals surface area contributed by atoms with Crippen molar-refractivity contribution in [1.82, 2.24) is 10.2 Å². The Morgan fingerprint density at radius 2 is 2.04 bits per heavy atom. The molecule has 1 aromatic carbocycles. The Balaban J connectivity index is 1.71. The quantitative estimate of drug-likeness (QED) is 0.807. The lowest BCUT2D eigenvalue weighted by Gasteiger charge is -2.36. The topological polar surface area (TPSA) is 52.6 Å². The van der Waals surface area contributed by atoms with Gasteiger partial charge in [-0.05, 0) is 44.1 Å². The SMILES string of the molecule is CCCC(Cc1ccccc1)N(CC)C(=O)[C@@H]1N[C@@H]2C[C@H]1C[C@H]2O. The van der Waals surface area contributed by atoms with Gasteiger partial charge < -0.3 is 15.3 Å². The summed E-state index contributed by atoms with van der Waals surface area (Å²) >= 11 is 0. The van der Waals surface area contributed by atoms with Gasteiger partial charge in [-0.15, -0.1) is 0 Å². The third kappa shape index (κ3) is 3.50. The zero-order chi connectivity index (χ0) is 17.1. The largest absolute Gasteiger partial charge is 0.391 e. The summed E-state index contributed by atoms with van der Waals surface area (Å²) in [6.45, 7) is 5.00. The Morgan fingerprint density at radius 3 is 2.58 bits per heavy atom. The minimum atomic E-state index is -0.273. The number of piperidine rings is 1. The molecule has 1 saturated carbocycles. The maximum absolute atomic E-state index is 13.2. The van der Waals surface area contributed by atoms with Crippen molar-refractivity contribution in [3.8, 4) is 0 Å². The molecule has 1 unspecified atom stereocenters. The molecule has 1 saturated heterocycles. The average molecular weight is 330 g/mol. The van der Waals surface area contributed by atoms with Crippen LogP contribution in [0.4, 0.5) is 0 Å². The molecular weight excluding hydrogens is 300 g/mol. The molecule has 5 atom stereocenters. The van der Waals surface area contributed by atoms with Crippen LogP contribution in [-0.2, 0) is 11.2 Å². The van der Waals surface area contributed by atoms with E-state index in [4.69, 9.17) is 0 Å². The molecule has 1 aromatic rings. The number of carbonyl (C=O) groups is 1. The highest BCUT2D eigenvalue weighted by Gasteiger charge is 2.49. The molecular formula is C20H30N2O2. The van der Waals surface area contributed by atoms with Gasteiger partial charge in [-0.3, -0.25) is 4.79 Å². The van der Waals surface area contributed by atoms with Crippen LogP contribution in [0.25, 0.3) is 0 Å². The number of fused-ring (bicyclic) bond motifs is 2. The molecule has 24 heavy (non-hydrogen) atoms. The maximum Gasteiger partial charge on any atom is 0.240 e. The van der Waals surface area contributed by atoms with Gasteiger partial charge in [0.1, 0.15) is 0 Å². The van der Waals surface area contributed by atoms with Crippen molar-refractivity contribution in [1.29, 1.82) is 0 Å². The van der Waals surface area contributed by atoms with E-state index in [1.165, 1.54) is 5.56 Å². The highest BCUT2D eigenvalue weighted by molar-refractivity contribution is 5.83. The van der Waals surface area contributed by atoms with Crippen LogP contribution in [0.5, 0.6) is 0 Å². The summed E-state index contributed by atoms with van der Waals surface area (Å²) in [5.74, 6) is 0.525. The summed E-state index contributed by atoms with van der Waals surface area (Å²) < 4.78 is 0. The molecule has 2 bridgehead atoms. The van der Waals surface area contributed by atoms with Gasteiger partial charge in [-0.25, -0.2) is 0 Å². The smallest absolute Gasteiger partial charge is 0.240 e. The van der Waals surface area contributed by atoms with Crippen molar-refractivity contribution in [2.45, 2.75) is 70.2 Å². The summed E-state index contributed by atoms with van der Waals surface area (Å²) in [6.07, 6.45) is 4.44. The van der Waals surface area contributed by atoms with E-state index in [1.807, 2.05) is 6.07 Å². The van der Waals surface area contributed by atoms with Crippen molar-refractivity contribution < 1.29 is 9.90 Å². The van der Waals surface area contributed by atoms with Crippen molar-refractivity contribution in [2.75, 3.05) is 6.54 Å². The molecule has 1 amide bonds. The number of aliphatic hydroxyl groups excluding tert-OH is 1. The van der Waals surface area contributed by atoms with Crippen LogP contribution < -0.4 is 5.32 Å². The maximum atomic E-state index is 13.2. The van der Waals surface area contributed by atoms with E-state index in [0.717, 1.165) is 38.6 Å². The van der Waals surface area contributed by atoms with Gasteiger partial charge >= 0.3 is 0 Å². The van der Waals surface area contributed by atoms with Gasteiger partial charge in [0.05, 0.1) is 12.1 Å². The molecule has 1 aliphatic carbocycles. The summed E-state index contributed by atoms with van der Waals surface area (Å²) in [5.41, 5.74) is 1.29. The lowest BCUT2D eigenvalue weighted by molar-refractivity contribution is -0.137. The zero-order valence-corrected chi connectivity index (χ0v) is 14.8. The number of carbonyl (C=O) groups excluding carboxylic acids is 1. The molecule has 132 valence electrons. The van der Waals surface area contributed by atoms with Crippen LogP contribution in [-0.4, -0.2) is 46.7 Å². The second-order valence-electron chi connectivity index (χ2n) is 7.31. The van der Waals surface area contributed by atoms with Gasteiger partial charge in [0.15, 0.2) is 0 Å². The molecule has 2 fully saturated rings. The summed E-state index contributed by atoms with van der Waals surface area (Å²) in [5, 5.41) is 13.3. The molecule has 2 N–H and O–H groups in total. The minimum absolute atomic E-state index is 0.103. The molecule has 0 aromatic heterocycles. The molecule has 2 aliphatic rings. The lowest BCUT2D eigenvalue weighted by Crippen LogP contribution is -2.55. The van der Waals surface area contributed by atoms with Crippen molar-refractivity contribution in [2.24, 2.45) is 5.92 Å². The number of nitrogens with zero attached hydrogens (tertiary/aromatic N) is 1. The first-order chi connectivity index (χ1) is 11.6. The third-order valence-corrected chi connectivity index (χ3v) is 5.70. The predicted molar refractivity (Wildman–Crippen MR) is 95.7 cm³/mol. The number of amides is 1. The van der Waals surface area contributed by atoms with Gasteiger partial charge in [0.2, 0.25) is 5.91 Å². The van der Waals surface area contributed by atoms with Crippen molar-refractivity contribution in [3.63, 3.8) is 0 Å². The molecule has 0 spiro atoms. The standard InChI is InChI=1S/C20H30N2O2/c1-3-8-16(11-14-9-6-5-7-10-14)22(4-2)20(24)19-15-12-17(21-19)18(23)13-15/h5-7,9-10,15-19,21,23H,3-4,8,11-13H2,1-2H3/t15-,16?,17+,18+,19+/m0/s1. The molecule has 1 heterocycles. The number of benzene rings is 1. The molecule has 4 heteroatoms. The number of likely N-dealkylation sites (N-methyl/N-ethyl adjacent to an activating group) is 1. The third-order valence-electron chi connectivity index (χ3n) is 5.70. The number of nitrogens with one attached hydrogen (secondary N) is 1. The first kappa shape index (κ1) is 17.4. The van der Waals surface area contributed by atoms with Crippen LogP contribution in [0, 0.1) is 5.92 Å². The predicted octanol–water partition coefficient (Wildman–Crippen LogP) is 2.36. The Hall–Kier alpha value is -1.39. The Morgan fingerprint density at radius 1 is 1.29 bits per heavy atom. The molecule has 4 nitrogen and oxygen atoms in total. The zero-order valence-electron chi connectivity index (χ0n) is 14.8. The van der Waals surface area contributed by atoms with Crippen molar-refractivity contribution in [3.05, 3.63) is 35.9 Å². The van der Waals surface area contributed by atoms with E-state index >= 15 is 0 Å². The second-order valence-corrected chi connectivity index (χ2v) is 7.31. The van der Waals surface area contributed by atoms with Crippen LogP contribution in [0.15, 0.2) is 30.3 Å². The van der Waals surface area contributed by atoms with E-state index in [2.05, 4.69) is 48.3 Å². The Bertz CT molecular complexity index is 546. The summed E-state index contributed by atoms with van der Waals surface area (Å²) in [4.78, 5) is 15.2. The Kier molecular flexibility index (Phi) is 5.57. The molecule has 0 radical (unpaired) electrons. The van der Waals surface area contributed by atoms with Gasteiger partial charge in [-0.1, -0.05) is 43.7 Å². The fraction of sp³-hybridized carbons (Fsp3) is 0.650. The van der Waals surface area contributed by atoms with Gasteiger partial charge in [-0.2, -0.15) is 0 Å². The van der Waals surface area contributed by atoms with E-state index in [0.29, 0.717) is 5.92 Å². The lowest BCUT2D eigenvalue weighted by atomic mass is 9.95. The number of rotatable bonds is 7. The monoisotopic (exact) mass is 330 g/mol. The van der Waals surface area contributed by atoms with Crippen molar-refractivity contribution >= 4 is 5.91 Å². The summed E-state index contributed by atoms with van der Waals surface area (Å²) in [6, 6.07) is 10.7. The van der Waals surface area contributed by atoms with E-state index in [1.54, 1.807) is 0 Å². The van der Waals surface area contributed by atoms with Gasteiger partial charge in [0.25, 0.3) is 0 Å². The van der Waals surface area contributed by atoms with Crippen LogP contribution >= 0.6 is 0 Å².